The lowest BCUT2D eigenvalue weighted by atomic mass is 10.2. The molecule has 9 heavy (non-hydrogen) atoms. The Labute approximate surface area is 67.6 Å². The molecule has 0 amide bonds. The van der Waals surface area contributed by atoms with Crippen LogP contribution in [0.15, 0.2) is 0 Å². The van der Waals surface area contributed by atoms with Crippen molar-refractivity contribution in [2.45, 2.75) is 30.5 Å². The lowest BCUT2D eigenvalue weighted by Crippen LogP contribution is -2.30. The van der Waals surface area contributed by atoms with Gasteiger partial charge in [-0.05, 0) is 19.8 Å². The molecule has 0 unspecified atom stereocenters. The molecule has 0 bridgehead atoms. The first-order chi connectivity index (χ1) is 4.22. The zero-order chi connectivity index (χ0) is 6.85. The van der Waals surface area contributed by atoms with E-state index in [0.29, 0.717) is 6.04 Å². The molecule has 0 N–H and O–H groups in total. The zero-order valence-corrected chi connectivity index (χ0v) is 7.41. The molecule has 0 aromatic heterocycles. The average molecular weight is 163 g/mol. The summed E-state index contributed by atoms with van der Waals surface area (Å²) in [6.07, 6.45) is 2.61. The number of likely N-dealkylation sites (tertiary alicyclic amines) is 1. The summed E-state index contributed by atoms with van der Waals surface area (Å²) in [5.74, 6) is 0. The molecule has 1 nitrogen and oxygen atoms in total. The van der Waals surface area contributed by atoms with Crippen LogP contribution in [0.3, 0.4) is 0 Å². The van der Waals surface area contributed by atoms with Crippen LogP contribution in [0.4, 0.5) is 0 Å². The smallest absolute Gasteiger partial charge is 0.0971 e. The maximum Gasteiger partial charge on any atom is 0.0971 e. The first-order valence-corrected chi connectivity index (χ1v) is 4.37. The van der Waals surface area contributed by atoms with E-state index in [1.807, 2.05) is 0 Å². The van der Waals surface area contributed by atoms with Gasteiger partial charge in [0.1, 0.15) is 0 Å². The van der Waals surface area contributed by atoms with Crippen LogP contribution in [0.25, 0.3) is 0 Å². The van der Waals surface area contributed by atoms with E-state index >= 15 is 0 Å². The largest absolute Gasteiger partial charge is 0.281 e. The lowest BCUT2D eigenvalue weighted by Gasteiger charge is -2.23. The highest BCUT2D eigenvalue weighted by Gasteiger charge is 2.22. The molecule has 1 aliphatic heterocycles. The van der Waals surface area contributed by atoms with Gasteiger partial charge in [-0.2, -0.15) is 0 Å². The van der Waals surface area contributed by atoms with Gasteiger partial charge in [0.05, 0.1) is 4.71 Å². The van der Waals surface area contributed by atoms with E-state index in [-0.39, 0.29) is 4.71 Å². The Morgan fingerprint density at radius 3 is 2.44 bits per heavy atom. The van der Waals surface area contributed by atoms with Crippen molar-refractivity contribution in [3.8, 4) is 0 Å². The molecule has 1 fully saturated rings. The van der Waals surface area contributed by atoms with Crippen LogP contribution >= 0.6 is 25.3 Å². The Hall–Kier alpha value is 0.660. The summed E-state index contributed by atoms with van der Waals surface area (Å²) in [6.45, 7) is 3.39. The fourth-order valence-electron chi connectivity index (χ4n) is 1.30. The molecule has 0 aromatic rings. The fraction of sp³-hybridized carbons (Fsp3) is 1.00. The highest BCUT2D eigenvalue weighted by Crippen LogP contribution is 2.22. The van der Waals surface area contributed by atoms with Crippen molar-refractivity contribution in [1.82, 2.24) is 4.90 Å². The molecular weight excluding hydrogens is 150 g/mol. The van der Waals surface area contributed by atoms with Crippen molar-refractivity contribution >= 4 is 25.3 Å². The number of hydrogen-bond acceptors (Lipinski definition) is 3. The Kier molecular flexibility index (Phi) is 2.73. The predicted molar refractivity (Wildman–Crippen MR) is 47.2 cm³/mol. The van der Waals surface area contributed by atoms with Gasteiger partial charge in [-0.3, -0.25) is 4.90 Å². The van der Waals surface area contributed by atoms with Gasteiger partial charge in [0.25, 0.3) is 0 Å². The molecule has 0 aromatic carbocycles. The Bertz CT molecular complexity index is 95.1. The van der Waals surface area contributed by atoms with E-state index in [1.54, 1.807) is 0 Å². The van der Waals surface area contributed by atoms with Crippen molar-refractivity contribution in [2.24, 2.45) is 0 Å². The highest BCUT2D eigenvalue weighted by molar-refractivity contribution is 7.99. The third-order valence-corrected chi connectivity index (χ3v) is 2.49. The monoisotopic (exact) mass is 163 g/mol. The van der Waals surface area contributed by atoms with Crippen molar-refractivity contribution < 1.29 is 0 Å². The Morgan fingerprint density at radius 1 is 1.56 bits per heavy atom. The van der Waals surface area contributed by atoms with E-state index in [0.717, 1.165) is 0 Å². The summed E-state index contributed by atoms with van der Waals surface area (Å²) in [5.41, 5.74) is 0. The van der Waals surface area contributed by atoms with Crippen LogP contribution in [0.5, 0.6) is 0 Å². The van der Waals surface area contributed by atoms with Crippen molar-refractivity contribution in [3.63, 3.8) is 0 Å². The molecule has 1 atom stereocenters. The van der Waals surface area contributed by atoms with Crippen LogP contribution in [0.1, 0.15) is 19.8 Å². The summed E-state index contributed by atoms with van der Waals surface area (Å²) in [7, 11) is 0. The Morgan fingerprint density at radius 2 is 2.22 bits per heavy atom. The number of thiol groups is 2. The van der Waals surface area contributed by atoms with Gasteiger partial charge in [-0.15, -0.1) is 25.3 Å². The molecule has 1 heterocycles. The zero-order valence-electron chi connectivity index (χ0n) is 5.62. The second kappa shape index (κ2) is 3.17. The SMILES string of the molecule is C[C@@H]1CCCN1C(S)S. The molecule has 3 heteroatoms. The van der Waals surface area contributed by atoms with Crippen LogP contribution in [0.2, 0.25) is 0 Å². The summed E-state index contributed by atoms with van der Waals surface area (Å²) in [5, 5.41) is 0. The predicted octanol–water partition coefficient (Wildman–Crippen LogP) is 1.61. The second-order valence-corrected chi connectivity index (χ2v) is 3.96. The van der Waals surface area contributed by atoms with Crippen molar-refractivity contribution in [2.75, 3.05) is 6.54 Å². The van der Waals surface area contributed by atoms with Crippen LogP contribution in [0, 0.1) is 0 Å². The molecule has 1 aliphatic rings. The minimum Gasteiger partial charge on any atom is -0.281 e. The minimum absolute atomic E-state index is 0.141. The third kappa shape index (κ3) is 1.79. The van der Waals surface area contributed by atoms with E-state index in [2.05, 4.69) is 37.1 Å². The highest BCUT2D eigenvalue weighted by atomic mass is 32.2. The maximum absolute atomic E-state index is 4.24. The number of rotatable bonds is 1. The molecule has 0 aliphatic carbocycles. The lowest BCUT2D eigenvalue weighted by molar-refractivity contribution is 0.302. The molecule has 0 radical (unpaired) electrons. The van der Waals surface area contributed by atoms with E-state index < -0.39 is 0 Å². The summed E-state index contributed by atoms with van der Waals surface area (Å²) < 4.78 is 0.141. The van der Waals surface area contributed by atoms with Crippen LogP contribution in [-0.4, -0.2) is 22.2 Å². The molecular formula is C6H13NS2. The molecule has 1 saturated heterocycles. The summed E-state index contributed by atoms with van der Waals surface area (Å²) in [4.78, 5) is 2.30. The summed E-state index contributed by atoms with van der Waals surface area (Å²) in [6, 6.07) is 0.685. The van der Waals surface area contributed by atoms with E-state index in [1.165, 1.54) is 19.4 Å². The van der Waals surface area contributed by atoms with Crippen LogP contribution in [-0.2, 0) is 0 Å². The molecule has 0 spiro atoms. The third-order valence-electron chi connectivity index (χ3n) is 1.90. The molecule has 54 valence electrons. The quantitative estimate of drug-likeness (QED) is 0.439. The number of hydrogen-bond donors (Lipinski definition) is 2. The second-order valence-electron chi connectivity index (χ2n) is 2.58. The van der Waals surface area contributed by atoms with Gasteiger partial charge >= 0.3 is 0 Å². The number of nitrogens with zero attached hydrogens (tertiary/aromatic N) is 1. The minimum atomic E-state index is 0.141. The van der Waals surface area contributed by atoms with E-state index in [4.69, 9.17) is 0 Å². The van der Waals surface area contributed by atoms with Gasteiger partial charge in [-0.25, -0.2) is 0 Å². The molecule has 0 saturated carbocycles. The van der Waals surface area contributed by atoms with E-state index in [9.17, 15) is 0 Å². The Balaban J connectivity index is 2.40. The van der Waals surface area contributed by atoms with Gasteiger partial charge in [0, 0.05) is 12.6 Å². The van der Waals surface area contributed by atoms with Crippen LogP contribution < -0.4 is 0 Å². The first kappa shape index (κ1) is 7.76. The van der Waals surface area contributed by atoms with Crippen molar-refractivity contribution in [3.05, 3.63) is 0 Å². The van der Waals surface area contributed by atoms with Gasteiger partial charge in [0.2, 0.25) is 0 Å². The normalized spacial score (nSPS) is 30.0. The maximum atomic E-state index is 4.24. The fourth-order valence-corrected chi connectivity index (χ4v) is 1.98. The summed E-state index contributed by atoms with van der Waals surface area (Å²) >= 11 is 8.49. The average Bonchev–Trinajstić information content (AvgIpc) is 2.13. The van der Waals surface area contributed by atoms with Gasteiger partial charge in [-0.1, -0.05) is 0 Å². The first-order valence-electron chi connectivity index (χ1n) is 3.33. The molecule has 1 rings (SSSR count). The van der Waals surface area contributed by atoms with Gasteiger partial charge in [0.15, 0.2) is 0 Å². The standard InChI is InChI=1S/C6H13NS2/c1-5-3-2-4-7(5)6(8)9/h5-6,8-9H,2-4H2,1H3/t5-/m1/s1. The topological polar surface area (TPSA) is 3.24 Å². The van der Waals surface area contributed by atoms with Gasteiger partial charge < -0.3 is 0 Å². The van der Waals surface area contributed by atoms with Crippen molar-refractivity contribution in [1.29, 1.82) is 0 Å².